The molecular formula is C9H14O2S. The van der Waals surface area contributed by atoms with Gasteiger partial charge in [-0.15, -0.1) is 0 Å². The van der Waals surface area contributed by atoms with Crippen LogP contribution in [0.1, 0.15) is 17.7 Å². The average molecular weight is 186 g/mol. The van der Waals surface area contributed by atoms with Crippen molar-refractivity contribution in [3.05, 3.63) is 23.7 Å². The van der Waals surface area contributed by atoms with Gasteiger partial charge in [-0.2, -0.15) is 12.6 Å². The highest BCUT2D eigenvalue weighted by molar-refractivity contribution is 7.80. The number of methoxy groups -OCH3 is 1. The van der Waals surface area contributed by atoms with Crippen molar-refractivity contribution in [2.24, 2.45) is 0 Å². The molecule has 0 unspecified atom stereocenters. The van der Waals surface area contributed by atoms with E-state index in [1.54, 1.807) is 13.4 Å². The summed E-state index contributed by atoms with van der Waals surface area (Å²) in [6.45, 7) is 0.637. The first-order valence-corrected chi connectivity index (χ1v) is 4.66. The largest absolute Gasteiger partial charge is 0.469 e. The molecule has 0 radical (unpaired) electrons. The number of furan rings is 1. The van der Waals surface area contributed by atoms with Crippen LogP contribution >= 0.6 is 12.6 Å². The molecule has 0 aliphatic rings. The van der Waals surface area contributed by atoms with E-state index in [0.717, 1.165) is 29.9 Å². The summed E-state index contributed by atoms with van der Waals surface area (Å²) in [5.41, 5.74) is 1.15. The summed E-state index contributed by atoms with van der Waals surface area (Å²) < 4.78 is 10.3. The second-order valence-electron chi connectivity index (χ2n) is 2.63. The lowest BCUT2D eigenvalue weighted by Crippen LogP contribution is -1.92. The van der Waals surface area contributed by atoms with Gasteiger partial charge in [0.1, 0.15) is 5.76 Å². The molecule has 0 saturated carbocycles. The molecule has 0 saturated heterocycles. The monoisotopic (exact) mass is 186 g/mol. The van der Waals surface area contributed by atoms with E-state index in [9.17, 15) is 0 Å². The fourth-order valence-corrected chi connectivity index (χ4v) is 1.27. The third kappa shape index (κ3) is 2.57. The van der Waals surface area contributed by atoms with E-state index < -0.39 is 0 Å². The summed E-state index contributed by atoms with van der Waals surface area (Å²) in [4.78, 5) is 0. The molecule has 1 aromatic heterocycles. The summed E-state index contributed by atoms with van der Waals surface area (Å²) in [5, 5.41) is 0. The van der Waals surface area contributed by atoms with E-state index in [2.05, 4.69) is 12.6 Å². The van der Waals surface area contributed by atoms with Gasteiger partial charge in [0.05, 0.1) is 12.9 Å². The predicted molar refractivity (Wildman–Crippen MR) is 51.6 cm³/mol. The second-order valence-corrected chi connectivity index (χ2v) is 3.08. The van der Waals surface area contributed by atoms with Crippen LogP contribution in [0.4, 0.5) is 0 Å². The maximum Gasteiger partial charge on any atom is 0.109 e. The SMILES string of the molecule is COCc1ccoc1CCCS. The maximum atomic E-state index is 5.31. The normalized spacial score (nSPS) is 10.5. The van der Waals surface area contributed by atoms with E-state index in [1.165, 1.54) is 0 Å². The molecule has 2 nitrogen and oxygen atoms in total. The zero-order chi connectivity index (χ0) is 8.81. The summed E-state index contributed by atoms with van der Waals surface area (Å²) in [5.74, 6) is 1.93. The van der Waals surface area contributed by atoms with E-state index >= 15 is 0 Å². The van der Waals surface area contributed by atoms with Gasteiger partial charge in [0.15, 0.2) is 0 Å². The topological polar surface area (TPSA) is 22.4 Å². The Morgan fingerprint density at radius 1 is 1.58 bits per heavy atom. The minimum absolute atomic E-state index is 0.637. The molecule has 1 heterocycles. The van der Waals surface area contributed by atoms with Crippen LogP contribution in [0.2, 0.25) is 0 Å². The maximum absolute atomic E-state index is 5.31. The number of thiol groups is 1. The first kappa shape index (κ1) is 9.68. The Morgan fingerprint density at radius 2 is 2.42 bits per heavy atom. The van der Waals surface area contributed by atoms with Gasteiger partial charge in [-0.3, -0.25) is 0 Å². The predicted octanol–water partition coefficient (Wildman–Crippen LogP) is 2.29. The smallest absolute Gasteiger partial charge is 0.109 e. The summed E-state index contributed by atoms with van der Waals surface area (Å²) in [6.07, 6.45) is 3.71. The van der Waals surface area contributed by atoms with Crippen molar-refractivity contribution in [3.63, 3.8) is 0 Å². The quantitative estimate of drug-likeness (QED) is 0.713. The van der Waals surface area contributed by atoms with E-state index in [0.29, 0.717) is 6.61 Å². The Hall–Kier alpha value is -0.410. The van der Waals surface area contributed by atoms with Crippen molar-refractivity contribution in [1.82, 2.24) is 0 Å². The minimum Gasteiger partial charge on any atom is -0.469 e. The van der Waals surface area contributed by atoms with Crippen LogP contribution in [0.25, 0.3) is 0 Å². The first-order valence-electron chi connectivity index (χ1n) is 4.03. The van der Waals surface area contributed by atoms with Crippen molar-refractivity contribution in [3.8, 4) is 0 Å². The van der Waals surface area contributed by atoms with E-state index in [-0.39, 0.29) is 0 Å². The number of ether oxygens (including phenoxy) is 1. The molecule has 0 N–H and O–H groups in total. The van der Waals surface area contributed by atoms with Crippen molar-refractivity contribution >= 4 is 12.6 Å². The molecule has 3 heteroatoms. The van der Waals surface area contributed by atoms with Gasteiger partial charge in [0.25, 0.3) is 0 Å². The molecule has 12 heavy (non-hydrogen) atoms. The lowest BCUT2D eigenvalue weighted by molar-refractivity contribution is 0.183. The van der Waals surface area contributed by atoms with E-state index in [4.69, 9.17) is 9.15 Å². The summed E-state index contributed by atoms with van der Waals surface area (Å²) in [6, 6.07) is 1.96. The molecular weight excluding hydrogens is 172 g/mol. The Labute approximate surface area is 78.3 Å². The molecule has 0 aliphatic heterocycles. The number of hydrogen-bond acceptors (Lipinski definition) is 3. The van der Waals surface area contributed by atoms with Crippen LogP contribution in [0.3, 0.4) is 0 Å². The number of rotatable bonds is 5. The van der Waals surface area contributed by atoms with Gasteiger partial charge in [-0.25, -0.2) is 0 Å². The molecule has 0 atom stereocenters. The Bertz CT molecular complexity index is 220. The minimum atomic E-state index is 0.637. The van der Waals surface area contributed by atoms with Crippen LogP contribution in [0.5, 0.6) is 0 Å². The lowest BCUT2D eigenvalue weighted by Gasteiger charge is -1.99. The molecule has 1 rings (SSSR count). The standard InChI is InChI=1S/C9H14O2S/c1-10-7-8-4-5-11-9(8)3-2-6-12/h4-5,12H,2-3,6-7H2,1H3. The number of aryl methyl sites for hydroxylation is 1. The molecule has 68 valence electrons. The molecule has 0 spiro atoms. The van der Waals surface area contributed by atoms with Crippen molar-refractivity contribution in [1.29, 1.82) is 0 Å². The van der Waals surface area contributed by atoms with Crippen LogP contribution < -0.4 is 0 Å². The fraction of sp³-hybridized carbons (Fsp3) is 0.556. The Morgan fingerprint density at radius 3 is 3.08 bits per heavy atom. The van der Waals surface area contributed by atoms with Crippen molar-refractivity contribution in [2.75, 3.05) is 12.9 Å². The van der Waals surface area contributed by atoms with Crippen LogP contribution in [-0.2, 0) is 17.8 Å². The highest BCUT2D eigenvalue weighted by Gasteiger charge is 2.04. The Balaban J connectivity index is 2.51. The van der Waals surface area contributed by atoms with Gasteiger partial charge in [-0.1, -0.05) is 0 Å². The summed E-state index contributed by atoms with van der Waals surface area (Å²) >= 11 is 4.15. The van der Waals surface area contributed by atoms with Gasteiger partial charge < -0.3 is 9.15 Å². The van der Waals surface area contributed by atoms with Gasteiger partial charge in [-0.05, 0) is 18.2 Å². The third-order valence-corrected chi connectivity index (χ3v) is 2.02. The second kappa shape index (κ2) is 5.27. The van der Waals surface area contributed by atoms with Crippen molar-refractivity contribution in [2.45, 2.75) is 19.4 Å². The highest BCUT2D eigenvalue weighted by Crippen LogP contribution is 2.13. The molecule has 0 aliphatic carbocycles. The lowest BCUT2D eigenvalue weighted by atomic mass is 10.2. The van der Waals surface area contributed by atoms with Crippen LogP contribution in [0.15, 0.2) is 16.7 Å². The molecule has 1 aromatic rings. The van der Waals surface area contributed by atoms with Crippen LogP contribution in [-0.4, -0.2) is 12.9 Å². The van der Waals surface area contributed by atoms with Crippen LogP contribution in [0, 0.1) is 0 Å². The third-order valence-electron chi connectivity index (χ3n) is 1.70. The highest BCUT2D eigenvalue weighted by atomic mass is 32.1. The average Bonchev–Trinajstić information content (AvgIpc) is 2.50. The van der Waals surface area contributed by atoms with Crippen molar-refractivity contribution < 1.29 is 9.15 Å². The van der Waals surface area contributed by atoms with Gasteiger partial charge >= 0.3 is 0 Å². The molecule has 0 aromatic carbocycles. The summed E-state index contributed by atoms with van der Waals surface area (Å²) in [7, 11) is 1.69. The zero-order valence-electron chi connectivity index (χ0n) is 7.25. The first-order chi connectivity index (χ1) is 5.88. The Kier molecular flexibility index (Phi) is 4.25. The zero-order valence-corrected chi connectivity index (χ0v) is 8.14. The molecule has 0 amide bonds. The fourth-order valence-electron chi connectivity index (χ4n) is 1.11. The van der Waals surface area contributed by atoms with Gasteiger partial charge in [0, 0.05) is 19.1 Å². The molecule has 0 fully saturated rings. The van der Waals surface area contributed by atoms with E-state index in [1.807, 2.05) is 6.07 Å². The number of hydrogen-bond donors (Lipinski definition) is 1. The molecule has 0 bridgehead atoms. The van der Waals surface area contributed by atoms with Gasteiger partial charge in [0.2, 0.25) is 0 Å².